The highest BCUT2D eigenvalue weighted by atomic mass is 16.1. The third-order valence-corrected chi connectivity index (χ3v) is 4.41. The van der Waals surface area contributed by atoms with E-state index in [1.807, 2.05) is 50.2 Å². The number of para-hydroxylation sites is 1. The van der Waals surface area contributed by atoms with E-state index >= 15 is 0 Å². The lowest BCUT2D eigenvalue weighted by molar-refractivity contribution is -0.112. The lowest BCUT2D eigenvalue weighted by Crippen LogP contribution is -2.14. The van der Waals surface area contributed by atoms with Crippen LogP contribution >= 0.6 is 0 Å². The van der Waals surface area contributed by atoms with Crippen molar-refractivity contribution in [1.29, 1.82) is 5.26 Å². The van der Waals surface area contributed by atoms with E-state index in [0.29, 0.717) is 0 Å². The second kappa shape index (κ2) is 8.34. The van der Waals surface area contributed by atoms with Crippen LogP contribution in [0.3, 0.4) is 0 Å². The average Bonchev–Trinajstić information content (AvgIpc) is 2.86. The fraction of sp³-hybridized carbons (Fsp3) is 0.333. The van der Waals surface area contributed by atoms with Crippen LogP contribution < -0.4 is 5.32 Å². The highest BCUT2D eigenvalue weighted by Crippen LogP contribution is 2.20. The molecule has 0 unspecified atom stereocenters. The summed E-state index contributed by atoms with van der Waals surface area (Å²) in [4.78, 5) is 12.5. The van der Waals surface area contributed by atoms with Crippen LogP contribution in [-0.4, -0.2) is 10.5 Å². The maximum absolute atomic E-state index is 12.5. The van der Waals surface area contributed by atoms with Crippen LogP contribution in [0.5, 0.6) is 0 Å². The topological polar surface area (TPSA) is 57.8 Å². The van der Waals surface area contributed by atoms with Crippen molar-refractivity contribution in [2.75, 3.05) is 5.32 Å². The van der Waals surface area contributed by atoms with E-state index < -0.39 is 0 Å². The Morgan fingerprint density at radius 1 is 1.28 bits per heavy atom. The van der Waals surface area contributed by atoms with Crippen molar-refractivity contribution in [1.82, 2.24) is 4.57 Å². The van der Waals surface area contributed by atoms with Gasteiger partial charge >= 0.3 is 0 Å². The van der Waals surface area contributed by atoms with Crippen molar-refractivity contribution in [3.63, 3.8) is 0 Å². The first-order chi connectivity index (χ1) is 12.0. The van der Waals surface area contributed by atoms with Gasteiger partial charge in [0.2, 0.25) is 0 Å². The van der Waals surface area contributed by atoms with Crippen LogP contribution in [0.25, 0.3) is 6.08 Å². The standard InChI is InChI=1S/C21H25N3O/c1-5-6-11-24-16(3)12-18(17(24)4)13-19(14-22)21(25)23-20-10-8-7-9-15(20)2/h7-10,12-13H,5-6,11H2,1-4H3,(H,23,25)/b19-13+. The Kier molecular flexibility index (Phi) is 6.19. The maximum Gasteiger partial charge on any atom is 0.266 e. The van der Waals surface area contributed by atoms with Crippen LogP contribution in [0.4, 0.5) is 5.69 Å². The number of nitrogens with one attached hydrogen (secondary N) is 1. The molecule has 2 rings (SSSR count). The van der Waals surface area contributed by atoms with E-state index in [4.69, 9.17) is 0 Å². The smallest absolute Gasteiger partial charge is 0.266 e. The Labute approximate surface area is 149 Å². The molecule has 0 fully saturated rings. The summed E-state index contributed by atoms with van der Waals surface area (Å²) < 4.78 is 2.24. The fourth-order valence-electron chi connectivity index (χ4n) is 2.84. The SMILES string of the molecule is CCCCn1c(C)cc(/C=C(\C#N)C(=O)Nc2ccccc2C)c1C. The first-order valence-electron chi connectivity index (χ1n) is 8.63. The van der Waals surface area contributed by atoms with Gasteiger partial charge in [-0.1, -0.05) is 31.5 Å². The number of hydrogen-bond acceptors (Lipinski definition) is 2. The van der Waals surface area contributed by atoms with Crippen LogP contribution in [0.2, 0.25) is 0 Å². The van der Waals surface area contributed by atoms with Crippen LogP contribution in [0, 0.1) is 32.1 Å². The van der Waals surface area contributed by atoms with Gasteiger partial charge in [-0.25, -0.2) is 0 Å². The molecule has 1 N–H and O–H groups in total. The van der Waals surface area contributed by atoms with Gasteiger partial charge in [-0.2, -0.15) is 5.26 Å². The Morgan fingerprint density at radius 2 is 2.00 bits per heavy atom. The number of nitriles is 1. The number of benzene rings is 1. The van der Waals surface area contributed by atoms with Gasteiger partial charge in [-0.3, -0.25) is 4.79 Å². The van der Waals surface area contributed by atoms with Gasteiger partial charge in [0.25, 0.3) is 5.91 Å². The minimum absolute atomic E-state index is 0.110. The van der Waals surface area contributed by atoms with Crippen molar-refractivity contribution in [2.24, 2.45) is 0 Å². The molecule has 1 aromatic heterocycles. The molecular formula is C21H25N3O. The summed E-state index contributed by atoms with van der Waals surface area (Å²) in [6.45, 7) is 9.13. The molecule has 0 bridgehead atoms. The second-order valence-electron chi connectivity index (χ2n) is 6.27. The number of anilines is 1. The zero-order chi connectivity index (χ0) is 18.4. The molecule has 1 amide bonds. The number of aryl methyl sites for hydroxylation is 2. The van der Waals surface area contributed by atoms with Crippen molar-refractivity contribution in [3.8, 4) is 6.07 Å². The van der Waals surface area contributed by atoms with E-state index in [-0.39, 0.29) is 11.5 Å². The third-order valence-electron chi connectivity index (χ3n) is 4.41. The van der Waals surface area contributed by atoms with Gasteiger partial charge in [-0.15, -0.1) is 0 Å². The lowest BCUT2D eigenvalue weighted by Gasteiger charge is -2.09. The molecule has 4 heteroatoms. The number of aromatic nitrogens is 1. The predicted molar refractivity (Wildman–Crippen MR) is 102 cm³/mol. The summed E-state index contributed by atoms with van der Waals surface area (Å²) in [5.41, 5.74) is 4.95. The summed E-state index contributed by atoms with van der Waals surface area (Å²) in [6.07, 6.45) is 3.92. The van der Waals surface area contributed by atoms with Crippen molar-refractivity contribution < 1.29 is 4.79 Å². The van der Waals surface area contributed by atoms with E-state index in [9.17, 15) is 10.1 Å². The van der Waals surface area contributed by atoms with Crippen LogP contribution in [-0.2, 0) is 11.3 Å². The molecular weight excluding hydrogens is 310 g/mol. The molecule has 0 spiro atoms. The van der Waals surface area contributed by atoms with Crippen molar-refractivity contribution in [3.05, 3.63) is 58.4 Å². The maximum atomic E-state index is 12.5. The van der Waals surface area contributed by atoms with Crippen LogP contribution in [0.15, 0.2) is 35.9 Å². The van der Waals surface area contributed by atoms with Gasteiger partial charge < -0.3 is 9.88 Å². The number of carbonyl (C=O) groups is 1. The number of unbranched alkanes of at least 4 members (excludes halogenated alkanes) is 1. The quantitative estimate of drug-likeness (QED) is 0.611. The highest BCUT2D eigenvalue weighted by molar-refractivity contribution is 6.10. The first-order valence-corrected chi connectivity index (χ1v) is 8.63. The fourth-order valence-corrected chi connectivity index (χ4v) is 2.84. The summed E-state index contributed by atoms with van der Waals surface area (Å²) in [7, 11) is 0. The molecule has 2 aromatic rings. The summed E-state index contributed by atoms with van der Waals surface area (Å²) >= 11 is 0. The molecule has 0 atom stereocenters. The lowest BCUT2D eigenvalue weighted by atomic mass is 10.1. The normalized spacial score (nSPS) is 11.2. The number of rotatable bonds is 6. The zero-order valence-electron chi connectivity index (χ0n) is 15.4. The molecule has 1 aromatic carbocycles. The second-order valence-corrected chi connectivity index (χ2v) is 6.27. The van der Waals surface area contributed by atoms with Gasteiger partial charge in [0, 0.05) is 23.6 Å². The van der Waals surface area contributed by atoms with Gasteiger partial charge in [0.1, 0.15) is 11.6 Å². The molecule has 0 aliphatic heterocycles. The van der Waals surface area contributed by atoms with E-state index in [1.165, 1.54) is 0 Å². The minimum atomic E-state index is -0.379. The molecule has 25 heavy (non-hydrogen) atoms. The molecule has 130 valence electrons. The van der Waals surface area contributed by atoms with Crippen molar-refractivity contribution >= 4 is 17.7 Å². The van der Waals surface area contributed by atoms with Gasteiger partial charge in [0.15, 0.2) is 0 Å². The Morgan fingerprint density at radius 3 is 2.64 bits per heavy atom. The van der Waals surface area contributed by atoms with E-state index in [2.05, 4.69) is 23.7 Å². The van der Waals surface area contributed by atoms with Crippen LogP contribution in [0.1, 0.15) is 42.3 Å². The zero-order valence-corrected chi connectivity index (χ0v) is 15.4. The first kappa shape index (κ1) is 18.5. The number of nitrogens with zero attached hydrogens (tertiary/aromatic N) is 2. The molecule has 0 saturated carbocycles. The number of carbonyl (C=O) groups excluding carboxylic acids is 1. The molecule has 4 nitrogen and oxygen atoms in total. The molecule has 0 radical (unpaired) electrons. The minimum Gasteiger partial charge on any atom is -0.349 e. The average molecular weight is 335 g/mol. The van der Waals surface area contributed by atoms with Gasteiger partial charge in [-0.05, 0) is 56.5 Å². The Hall–Kier alpha value is -2.80. The summed E-state index contributed by atoms with van der Waals surface area (Å²) in [5.74, 6) is -0.379. The largest absolute Gasteiger partial charge is 0.349 e. The molecule has 1 heterocycles. The molecule has 0 saturated heterocycles. The molecule has 0 aliphatic rings. The number of amides is 1. The number of hydrogen-bond donors (Lipinski definition) is 1. The summed E-state index contributed by atoms with van der Waals surface area (Å²) in [5, 5.41) is 12.2. The monoisotopic (exact) mass is 335 g/mol. The predicted octanol–water partition coefficient (Wildman–Crippen LogP) is 4.76. The van der Waals surface area contributed by atoms with E-state index in [0.717, 1.165) is 47.6 Å². The van der Waals surface area contributed by atoms with Gasteiger partial charge in [0.05, 0.1) is 0 Å². The summed E-state index contributed by atoms with van der Waals surface area (Å²) in [6, 6.07) is 11.6. The third kappa shape index (κ3) is 4.39. The Bertz CT molecular complexity index is 837. The highest BCUT2D eigenvalue weighted by Gasteiger charge is 2.13. The Balaban J connectivity index is 2.27. The molecule has 0 aliphatic carbocycles. The van der Waals surface area contributed by atoms with E-state index in [1.54, 1.807) is 6.08 Å². The van der Waals surface area contributed by atoms with Crippen molar-refractivity contribution in [2.45, 2.75) is 47.1 Å².